The molecule has 7 nitrogen and oxygen atoms in total. The number of carbonyl (C=O) groups excluding carboxylic acids is 2. The molecule has 1 heterocycles. The van der Waals surface area contributed by atoms with Crippen molar-refractivity contribution < 1.29 is 22.7 Å². The fraction of sp³-hybridized carbons (Fsp3) is 0.529. The van der Waals surface area contributed by atoms with E-state index < -0.39 is 21.9 Å². The molecular formula is C17H24N2O5S. The zero-order valence-electron chi connectivity index (χ0n) is 14.4. The molecule has 0 bridgehead atoms. The van der Waals surface area contributed by atoms with E-state index in [0.717, 1.165) is 19.3 Å². The summed E-state index contributed by atoms with van der Waals surface area (Å²) in [4.78, 5) is 24.0. The normalized spacial score (nSPS) is 15.6. The number of amides is 1. The second-order valence-electron chi connectivity index (χ2n) is 5.84. The molecular weight excluding hydrogens is 344 g/mol. The van der Waals surface area contributed by atoms with Crippen molar-refractivity contribution in [2.24, 2.45) is 0 Å². The summed E-state index contributed by atoms with van der Waals surface area (Å²) in [7, 11) is -3.42. The van der Waals surface area contributed by atoms with Gasteiger partial charge >= 0.3 is 5.97 Å². The van der Waals surface area contributed by atoms with Crippen LogP contribution in [0.5, 0.6) is 0 Å². The summed E-state index contributed by atoms with van der Waals surface area (Å²) in [6.45, 7) is 2.98. The van der Waals surface area contributed by atoms with E-state index in [1.54, 1.807) is 31.2 Å². The molecule has 0 saturated carbocycles. The summed E-state index contributed by atoms with van der Waals surface area (Å²) in [6, 6.07) is 6.49. The van der Waals surface area contributed by atoms with Crippen LogP contribution in [0.4, 0.5) is 5.69 Å². The van der Waals surface area contributed by atoms with Crippen LogP contribution in [0.1, 0.15) is 43.0 Å². The maximum Gasteiger partial charge on any atom is 0.340 e. The van der Waals surface area contributed by atoms with Crippen LogP contribution in [0.25, 0.3) is 0 Å². The lowest BCUT2D eigenvalue weighted by atomic mass is 10.1. The zero-order valence-corrected chi connectivity index (χ0v) is 15.2. The molecule has 0 unspecified atom stereocenters. The van der Waals surface area contributed by atoms with Crippen LogP contribution >= 0.6 is 0 Å². The number of piperidine rings is 1. The lowest BCUT2D eigenvalue weighted by Crippen LogP contribution is -2.38. The van der Waals surface area contributed by atoms with E-state index in [0.29, 0.717) is 18.8 Å². The van der Waals surface area contributed by atoms with Gasteiger partial charge in [-0.15, -0.1) is 0 Å². The minimum atomic E-state index is -3.42. The van der Waals surface area contributed by atoms with Crippen molar-refractivity contribution in [1.82, 2.24) is 4.31 Å². The highest BCUT2D eigenvalue weighted by Gasteiger charge is 2.24. The van der Waals surface area contributed by atoms with Gasteiger partial charge in [0.2, 0.25) is 15.9 Å². The Morgan fingerprint density at radius 2 is 1.84 bits per heavy atom. The molecule has 1 N–H and O–H groups in total. The molecule has 2 rings (SSSR count). The van der Waals surface area contributed by atoms with Gasteiger partial charge in [-0.1, -0.05) is 18.6 Å². The third kappa shape index (κ3) is 5.54. The Kier molecular flexibility index (Phi) is 6.95. The summed E-state index contributed by atoms with van der Waals surface area (Å²) in [5, 5.41) is 2.60. The minimum Gasteiger partial charge on any atom is -0.462 e. The zero-order chi connectivity index (χ0) is 18.3. The van der Waals surface area contributed by atoms with E-state index in [1.165, 1.54) is 4.31 Å². The van der Waals surface area contributed by atoms with Crippen molar-refractivity contribution in [2.75, 3.05) is 30.8 Å². The molecule has 0 aliphatic carbocycles. The Morgan fingerprint density at radius 3 is 2.52 bits per heavy atom. The van der Waals surface area contributed by atoms with E-state index in [4.69, 9.17) is 4.74 Å². The van der Waals surface area contributed by atoms with Gasteiger partial charge < -0.3 is 10.1 Å². The number of sulfonamides is 1. The lowest BCUT2D eigenvalue weighted by molar-refractivity contribution is -0.115. The van der Waals surface area contributed by atoms with Crippen LogP contribution in [-0.4, -0.2) is 50.0 Å². The largest absolute Gasteiger partial charge is 0.462 e. The van der Waals surface area contributed by atoms with Gasteiger partial charge in [0.05, 0.1) is 23.6 Å². The number of nitrogens with zero attached hydrogens (tertiary/aromatic N) is 1. The maximum atomic E-state index is 12.3. The number of benzene rings is 1. The van der Waals surface area contributed by atoms with Crippen molar-refractivity contribution in [3.05, 3.63) is 29.8 Å². The average Bonchev–Trinajstić information content (AvgIpc) is 2.61. The smallest absolute Gasteiger partial charge is 0.340 e. The summed E-state index contributed by atoms with van der Waals surface area (Å²) in [5.41, 5.74) is 0.568. The number of hydrogen-bond acceptors (Lipinski definition) is 5. The summed E-state index contributed by atoms with van der Waals surface area (Å²) in [6.07, 6.45) is 2.60. The Bertz CT molecular complexity index is 712. The van der Waals surface area contributed by atoms with Crippen LogP contribution in [-0.2, 0) is 19.6 Å². The van der Waals surface area contributed by atoms with E-state index in [9.17, 15) is 18.0 Å². The Labute approximate surface area is 148 Å². The topological polar surface area (TPSA) is 92.8 Å². The van der Waals surface area contributed by atoms with Crippen LogP contribution in [0.15, 0.2) is 24.3 Å². The predicted molar refractivity (Wildman–Crippen MR) is 94.9 cm³/mol. The second-order valence-corrected chi connectivity index (χ2v) is 7.93. The van der Waals surface area contributed by atoms with Gasteiger partial charge in [0.25, 0.3) is 0 Å². The molecule has 1 fully saturated rings. The quantitative estimate of drug-likeness (QED) is 0.743. The molecule has 25 heavy (non-hydrogen) atoms. The van der Waals surface area contributed by atoms with Crippen molar-refractivity contribution in [3.63, 3.8) is 0 Å². The first-order valence-corrected chi connectivity index (χ1v) is 10.1. The lowest BCUT2D eigenvalue weighted by Gasteiger charge is -2.25. The molecule has 1 aliphatic rings. The first-order valence-electron chi connectivity index (χ1n) is 8.48. The fourth-order valence-electron chi connectivity index (χ4n) is 2.69. The van der Waals surface area contributed by atoms with Gasteiger partial charge in [-0.3, -0.25) is 4.79 Å². The SMILES string of the molecule is CCOC(=O)c1ccccc1NC(=O)CCS(=O)(=O)N1CCCCC1. The highest BCUT2D eigenvalue weighted by Crippen LogP contribution is 2.17. The van der Waals surface area contributed by atoms with Crippen LogP contribution in [0, 0.1) is 0 Å². The second kappa shape index (κ2) is 8.96. The predicted octanol–water partition coefficient (Wildman–Crippen LogP) is 2.01. The molecule has 0 atom stereocenters. The van der Waals surface area contributed by atoms with Crippen molar-refractivity contribution in [1.29, 1.82) is 0 Å². The summed E-state index contributed by atoms with van der Waals surface area (Å²) >= 11 is 0. The van der Waals surface area contributed by atoms with Gasteiger partial charge in [-0.05, 0) is 31.9 Å². The number of carbonyl (C=O) groups is 2. The molecule has 0 radical (unpaired) electrons. The third-order valence-electron chi connectivity index (χ3n) is 3.99. The number of ether oxygens (including phenoxy) is 1. The fourth-order valence-corrected chi connectivity index (χ4v) is 4.20. The van der Waals surface area contributed by atoms with Crippen molar-refractivity contribution >= 4 is 27.6 Å². The highest BCUT2D eigenvalue weighted by atomic mass is 32.2. The molecule has 8 heteroatoms. The maximum absolute atomic E-state index is 12.3. The monoisotopic (exact) mass is 368 g/mol. The van der Waals surface area contributed by atoms with E-state index in [2.05, 4.69) is 5.32 Å². The van der Waals surface area contributed by atoms with E-state index in [-0.39, 0.29) is 24.3 Å². The van der Waals surface area contributed by atoms with Crippen molar-refractivity contribution in [3.8, 4) is 0 Å². The number of rotatable bonds is 7. The average molecular weight is 368 g/mol. The summed E-state index contributed by atoms with van der Waals surface area (Å²) < 4.78 is 31.0. The molecule has 1 amide bonds. The van der Waals surface area contributed by atoms with Crippen LogP contribution in [0.2, 0.25) is 0 Å². The van der Waals surface area contributed by atoms with Gasteiger partial charge in [0.1, 0.15) is 0 Å². The molecule has 1 aromatic carbocycles. The van der Waals surface area contributed by atoms with Gasteiger partial charge in [0, 0.05) is 19.5 Å². The Morgan fingerprint density at radius 1 is 1.16 bits per heavy atom. The molecule has 1 saturated heterocycles. The first-order chi connectivity index (χ1) is 11.9. The number of nitrogens with one attached hydrogen (secondary N) is 1. The summed E-state index contributed by atoms with van der Waals surface area (Å²) in [5.74, 6) is -1.21. The van der Waals surface area contributed by atoms with E-state index in [1.807, 2.05) is 0 Å². The first kappa shape index (κ1) is 19.4. The minimum absolute atomic E-state index is 0.157. The molecule has 0 spiro atoms. The van der Waals surface area contributed by atoms with E-state index >= 15 is 0 Å². The van der Waals surface area contributed by atoms with Gasteiger partial charge in [-0.25, -0.2) is 17.5 Å². The van der Waals surface area contributed by atoms with Crippen LogP contribution < -0.4 is 5.32 Å². The number of anilines is 1. The Balaban J connectivity index is 1.95. The third-order valence-corrected chi connectivity index (χ3v) is 5.86. The number of esters is 1. The molecule has 0 aromatic heterocycles. The number of hydrogen-bond donors (Lipinski definition) is 1. The molecule has 1 aliphatic heterocycles. The number of para-hydroxylation sites is 1. The standard InChI is InChI=1S/C17H24N2O5S/c1-2-24-17(21)14-8-4-5-9-15(14)18-16(20)10-13-25(22,23)19-11-6-3-7-12-19/h4-5,8-9H,2-3,6-7,10-13H2,1H3,(H,18,20). The van der Waals surface area contributed by atoms with Gasteiger partial charge in [0.15, 0.2) is 0 Å². The molecule has 138 valence electrons. The van der Waals surface area contributed by atoms with Crippen LogP contribution in [0.3, 0.4) is 0 Å². The van der Waals surface area contributed by atoms with Gasteiger partial charge in [-0.2, -0.15) is 0 Å². The molecule has 1 aromatic rings. The van der Waals surface area contributed by atoms with Crippen molar-refractivity contribution in [2.45, 2.75) is 32.6 Å². The Hall–Kier alpha value is -1.93. The highest BCUT2D eigenvalue weighted by molar-refractivity contribution is 7.89.